The molecule has 0 radical (unpaired) electrons. The zero-order valence-corrected chi connectivity index (χ0v) is 16.9. The fraction of sp³-hybridized carbons (Fsp3) is 0.231. The summed E-state index contributed by atoms with van der Waals surface area (Å²) in [7, 11) is 0. The van der Waals surface area contributed by atoms with Crippen molar-refractivity contribution in [2.24, 2.45) is 0 Å². The summed E-state index contributed by atoms with van der Waals surface area (Å²) >= 11 is 0. The Kier molecular flexibility index (Phi) is 7.48. The van der Waals surface area contributed by atoms with Gasteiger partial charge in [-0.05, 0) is 30.0 Å². The van der Waals surface area contributed by atoms with Gasteiger partial charge in [0.05, 0.1) is 6.04 Å². The van der Waals surface area contributed by atoms with Crippen molar-refractivity contribution in [3.8, 4) is 0 Å². The Balaban J connectivity index is 1.92. The normalized spacial score (nSPS) is 11.9. The van der Waals surface area contributed by atoms with Crippen LogP contribution in [0, 0.1) is 5.41 Å². The lowest BCUT2D eigenvalue weighted by Gasteiger charge is -2.31. The number of ketones is 1. The number of hydrogen-bond donors (Lipinski definition) is 1. The van der Waals surface area contributed by atoms with Crippen LogP contribution in [0.2, 0.25) is 0 Å². The molecule has 0 amide bonds. The summed E-state index contributed by atoms with van der Waals surface area (Å²) in [4.78, 5) is 15.5. The number of rotatable bonds is 10. The second kappa shape index (κ2) is 10.5. The van der Waals surface area contributed by atoms with Gasteiger partial charge in [-0.15, -0.1) is 0 Å². The second-order valence-corrected chi connectivity index (χ2v) is 7.51. The lowest BCUT2D eigenvalue weighted by Crippen LogP contribution is -2.42. The van der Waals surface area contributed by atoms with Crippen LogP contribution in [-0.4, -0.2) is 22.4 Å². The summed E-state index contributed by atoms with van der Waals surface area (Å²) in [6, 6.07) is 30.4. The Morgan fingerprint density at radius 3 is 1.59 bits per heavy atom. The minimum atomic E-state index is -0.280. The molecule has 0 aliphatic carbocycles. The Hall–Kier alpha value is -3.04. The Bertz CT molecular complexity index is 866. The molecule has 0 spiro atoms. The summed E-state index contributed by atoms with van der Waals surface area (Å²) < 4.78 is 0. The number of nitrogens with zero attached hydrogens (tertiary/aromatic N) is 1. The van der Waals surface area contributed by atoms with E-state index >= 15 is 0 Å². The van der Waals surface area contributed by atoms with Crippen molar-refractivity contribution >= 4 is 11.5 Å². The average molecular weight is 385 g/mol. The van der Waals surface area contributed by atoms with E-state index in [-0.39, 0.29) is 18.2 Å². The molecule has 3 heteroatoms. The van der Waals surface area contributed by atoms with Crippen LogP contribution in [0.25, 0.3) is 0 Å². The third-order valence-electron chi connectivity index (χ3n) is 4.98. The van der Waals surface area contributed by atoms with Crippen molar-refractivity contribution in [2.45, 2.75) is 38.9 Å². The number of carbonyl (C=O) groups excluding carboxylic acids is 1. The quantitative estimate of drug-likeness (QED) is 0.482. The SMILES string of the molecule is CC(=N)CC(=O)[C@H](Cc1ccccc1)N(Cc1ccccc1)Cc1ccccc1. The van der Waals surface area contributed by atoms with Crippen molar-refractivity contribution < 1.29 is 4.79 Å². The molecule has 0 aliphatic rings. The van der Waals surface area contributed by atoms with Crippen LogP contribution in [0.1, 0.15) is 30.0 Å². The monoisotopic (exact) mass is 384 g/mol. The van der Waals surface area contributed by atoms with E-state index in [0.29, 0.717) is 25.2 Å². The molecule has 0 aromatic heterocycles. The van der Waals surface area contributed by atoms with E-state index in [4.69, 9.17) is 5.41 Å². The maximum absolute atomic E-state index is 13.2. The van der Waals surface area contributed by atoms with Gasteiger partial charge in [-0.2, -0.15) is 0 Å². The highest BCUT2D eigenvalue weighted by molar-refractivity contribution is 6.01. The first-order valence-corrected chi connectivity index (χ1v) is 10.0. The van der Waals surface area contributed by atoms with Gasteiger partial charge in [0.25, 0.3) is 0 Å². The van der Waals surface area contributed by atoms with Gasteiger partial charge in [0.15, 0.2) is 5.78 Å². The first-order valence-electron chi connectivity index (χ1n) is 10.0. The summed E-state index contributed by atoms with van der Waals surface area (Å²) in [6.45, 7) is 3.09. The molecule has 0 saturated carbocycles. The summed E-state index contributed by atoms with van der Waals surface area (Å²) in [5, 5.41) is 7.84. The molecular weight excluding hydrogens is 356 g/mol. The molecule has 3 aromatic carbocycles. The lowest BCUT2D eigenvalue weighted by atomic mass is 9.96. The molecular formula is C26H28N2O. The van der Waals surface area contributed by atoms with E-state index in [1.165, 1.54) is 11.1 Å². The maximum atomic E-state index is 13.2. The molecule has 1 atom stereocenters. The number of carbonyl (C=O) groups is 1. The topological polar surface area (TPSA) is 44.2 Å². The number of nitrogens with one attached hydrogen (secondary N) is 1. The van der Waals surface area contributed by atoms with E-state index in [2.05, 4.69) is 41.3 Å². The fourth-order valence-corrected chi connectivity index (χ4v) is 3.58. The van der Waals surface area contributed by atoms with Gasteiger partial charge in [0.1, 0.15) is 0 Å². The molecule has 0 saturated heterocycles. The van der Waals surface area contributed by atoms with E-state index in [1.54, 1.807) is 6.92 Å². The first-order chi connectivity index (χ1) is 14.1. The Labute approximate surface area is 173 Å². The molecule has 0 heterocycles. The summed E-state index contributed by atoms with van der Waals surface area (Å²) in [5.74, 6) is 0.105. The number of hydrogen-bond acceptors (Lipinski definition) is 3. The van der Waals surface area contributed by atoms with Crippen LogP contribution < -0.4 is 0 Å². The molecule has 29 heavy (non-hydrogen) atoms. The van der Waals surface area contributed by atoms with Crippen molar-refractivity contribution in [3.63, 3.8) is 0 Å². The Morgan fingerprint density at radius 1 is 0.759 bits per heavy atom. The maximum Gasteiger partial charge on any atom is 0.155 e. The highest BCUT2D eigenvalue weighted by Crippen LogP contribution is 2.19. The average Bonchev–Trinajstić information content (AvgIpc) is 2.73. The van der Waals surface area contributed by atoms with E-state index in [1.807, 2.05) is 54.6 Å². The van der Waals surface area contributed by atoms with Gasteiger partial charge in [0, 0.05) is 25.2 Å². The first kappa shape index (κ1) is 20.7. The lowest BCUT2D eigenvalue weighted by molar-refractivity contribution is -0.123. The van der Waals surface area contributed by atoms with E-state index < -0.39 is 0 Å². The summed E-state index contributed by atoms with van der Waals surface area (Å²) in [5.41, 5.74) is 3.91. The molecule has 0 unspecified atom stereocenters. The van der Waals surface area contributed by atoms with Crippen molar-refractivity contribution in [1.29, 1.82) is 5.41 Å². The fourth-order valence-electron chi connectivity index (χ4n) is 3.58. The highest BCUT2D eigenvalue weighted by Gasteiger charge is 2.26. The van der Waals surface area contributed by atoms with Gasteiger partial charge < -0.3 is 5.41 Å². The van der Waals surface area contributed by atoms with Gasteiger partial charge in [-0.25, -0.2) is 0 Å². The van der Waals surface area contributed by atoms with Crippen molar-refractivity contribution in [3.05, 3.63) is 108 Å². The molecule has 0 bridgehead atoms. The molecule has 1 N–H and O–H groups in total. The standard InChI is InChI=1S/C26H28N2O/c1-21(27)17-26(29)25(18-22-11-5-2-6-12-22)28(19-23-13-7-3-8-14-23)20-24-15-9-4-10-16-24/h2-16,25,27H,17-20H2,1H3/t25-/m0/s1. The largest absolute Gasteiger partial charge is 0.310 e. The van der Waals surface area contributed by atoms with Crippen molar-refractivity contribution in [1.82, 2.24) is 4.90 Å². The Morgan fingerprint density at radius 2 is 1.17 bits per heavy atom. The smallest absolute Gasteiger partial charge is 0.155 e. The predicted octanol–water partition coefficient (Wildman–Crippen LogP) is 5.30. The molecule has 148 valence electrons. The third kappa shape index (κ3) is 6.51. The second-order valence-electron chi connectivity index (χ2n) is 7.51. The third-order valence-corrected chi connectivity index (χ3v) is 4.98. The van der Waals surface area contributed by atoms with Gasteiger partial charge >= 0.3 is 0 Å². The van der Waals surface area contributed by atoms with Crippen LogP contribution in [0.4, 0.5) is 0 Å². The van der Waals surface area contributed by atoms with Crippen molar-refractivity contribution in [2.75, 3.05) is 0 Å². The highest BCUT2D eigenvalue weighted by atomic mass is 16.1. The van der Waals surface area contributed by atoms with E-state index in [0.717, 1.165) is 5.56 Å². The van der Waals surface area contributed by atoms with Gasteiger partial charge in [0.2, 0.25) is 0 Å². The van der Waals surface area contributed by atoms with Crippen LogP contribution in [0.3, 0.4) is 0 Å². The summed E-state index contributed by atoms with van der Waals surface area (Å²) in [6.07, 6.45) is 0.838. The van der Waals surface area contributed by atoms with Gasteiger partial charge in [-0.3, -0.25) is 9.69 Å². The number of Topliss-reactive ketones (excluding diaryl/α,β-unsaturated/α-hetero) is 1. The van der Waals surface area contributed by atoms with E-state index in [9.17, 15) is 4.79 Å². The minimum absolute atomic E-state index is 0.105. The molecule has 0 aliphatic heterocycles. The predicted molar refractivity (Wildman–Crippen MR) is 119 cm³/mol. The van der Waals surface area contributed by atoms with Crippen LogP contribution in [-0.2, 0) is 24.3 Å². The molecule has 3 nitrogen and oxygen atoms in total. The number of benzene rings is 3. The zero-order valence-electron chi connectivity index (χ0n) is 16.9. The zero-order chi connectivity index (χ0) is 20.5. The molecule has 3 rings (SSSR count). The molecule has 0 fully saturated rings. The minimum Gasteiger partial charge on any atom is -0.310 e. The van der Waals surface area contributed by atoms with Crippen LogP contribution in [0.15, 0.2) is 91.0 Å². The molecule has 3 aromatic rings. The van der Waals surface area contributed by atoms with Gasteiger partial charge in [-0.1, -0.05) is 91.0 Å². The van der Waals surface area contributed by atoms with Crippen LogP contribution in [0.5, 0.6) is 0 Å². The van der Waals surface area contributed by atoms with Crippen LogP contribution >= 0.6 is 0 Å².